The minimum absolute atomic E-state index is 0.00467. The molecular weight excluding hydrogens is 270 g/mol. The smallest absolute Gasteiger partial charge is 0.308 e. The van der Waals surface area contributed by atoms with E-state index < -0.39 is 15.8 Å². The van der Waals surface area contributed by atoms with Crippen LogP contribution < -0.4 is 0 Å². The first kappa shape index (κ1) is 15.9. The van der Waals surface area contributed by atoms with E-state index in [1.165, 1.54) is 4.90 Å². The third kappa shape index (κ3) is 4.49. The highest BCUT2D eigenvalue weighted by Gasteiger charge is 2.34. The monoisotopic (exact) mass is 291 g/mol. The number of hydrogen-bond donors (Lipinski definition) is 0. The molecule has 6 nitrogen and oxygen atoms in total. The van der Waals surface area contributed by atoms with Crippen LogP contribution in [-0.2, 0) is 24.2 Å². The van der Waals surface area contributed by atoms with E-state index in [1.807, 2.05) is 0 Å². The molecule has 0 N–H and O–H groups in total. The predicted molar refractivity (Wildman–Crippen MR) is 70.2 cm³/mol. The van der Waals surface area contributed by atoms with Crippen molar-refractivity contribution < 1.29 is 22.7 Å². The van der Waals surface area contributed by atoms with E-state index >= 15 is 0 Å². The third-order valence-corrected chi connectivity index (χ3v) is 4.87. The van der Waals surface area contributed by atoms with Crippen molar-refractivity contribution in [2.75, 3.05) is 24.7 Å². The second-order valence-electron chi connectivity index (χ2n) is 5.00. The van der Waals surface area contributed by atoms with Crippen molar-refractivity contribution >= 4 is 21.7 Å². The molecule has 0 bridgehead atoms. The van der Waals surface area contributed by atoms with E-state index in [0.717, 1.165) is 0 Å². The zero-order valence-corrected chi connectivity index (χ0v) is 12.4. The number of sulfone groups is 1. The van der Waals surface area contributed by atoms with Crippen LogP contribution in [0.3, 0.4) is 0 Å². The molecule has 0 aliphatic carbocycles. The molecule has 1 saturated heterocycles. The van der Waals surface area contributed by atoms with Crippen LogP contribution in [0.25, 0.3) is 0 Å². The molecule has 1 rings (SSSR count). The number of amides is 1. The SMILES string of the molecule is CCN(C(=O)COC(=O)C(C)C)C1CCS(=O)(=O)C1. The van der Waals surface area contributed by atoms with Gasteiger partial charge in [0.05, 0.1) is 17.4 Å². The Balaban J connectivity index is 2.56. The van der Waals surface area contributed by atoms with Crippen molar-refractivity contribution in [1.29, 1.82) is 0 Å². The summed E-state index contributed by atoms with van der Waals surface area (Å²) in [5, 5.41) is 0. The summed E-state index contributed by atoms with van der Waals surface area (Å²) in [6.07, 6.45) is 0.458. The van der Waals surface area contributed by atoms with Crippen molar-refractivity contribution in [1.82, 2.24) is 4.90 Å². The van der Waals surface area contributed by atoms with Crippen LogP contribution in [0.15, 0.2) is 0 Å². The highest BCUT2D eigenvalue weighted by Crippen LogP contribution is 2.17. The highest BCUT2D eigenvalue weighted by molar-refractivity contribution is 7.91. The van der Waals surface area contributed by atoms with Crippen LogP contribution in [0.4, 0.5) is 0 Å². The van der Waals surface area contributed by atoms with Gasteiger partial charge < -0.3 is 9.64 Å². The van der Waals surface area contributed by atoms with Crippen molar-refractivity contribution in [3.05, 3.63) is 0 Å². The number of likely N-dealkylation sites (N-methyl/N-ethyl adjacent to an activating group) is 1. The average Bonchev–Trinajstić information content (AvgIpc) is 2.67. The van der Waals surface area contributed by atoms with E-state index in [0.29, 0.717) is 13.0 Å². The van der Waals surface area contributed by atoms with Gasteiger partial charge >= 0.3 is 5.97 Å². The van der Waals surface area contributed by atoms with Crippen LogP contribution in [0.2, 0.25) is 0 Å². The van der Waals surface area contributed by atoms with Crippen LogP contribution >= 0.6 is 0 Å². The van der Waals surface area contributed by atoms with Crippen molar-refractivity contribution in [3.63, 3.8) is 0 Å². The standard InChI is InChI=1S/C12H21NO5S/c1-4-13(10-5-6-19(16,17)8-10)11(14)7-18-12(15)9(2)3/h9-10H,4-8H2,1-3H3. The molecule has 0 radical (unpaired) electrons. The molecule has 1 fully saturated rings. The maximum absolute atomic E-state index is 12.0. The van der Waals surface area contributed by atoms with E-state index in [-0.39, 0.29) is 36.0 Å². The predicted octanol–water partition coefficient (Wildman–Crippen LogP) is 0.221. The maximum Gasteiger partial charge on any atom is 0.308 e. The summed E-state index contributed by atoms with van der Waals surface area (Å²) in [6.45, 7) is 5.26. The van der Waals surface area contributed by atoms with Gasteiger partial charge in [0.25, 0.3) is 5.91 Å². The summed E-state index contributed by atoms with van der Waals surface area (Å²) in [7, 11) is -3.03. The van der Waals surface area contributed by atoms with Gasteiger partial charge in [-0.25, -0.2) is 8.42 Å². The normalized spacial score (nSPS) is 21.4. The van der Waals surface area contributed by atoms with E-state index in [2.05, 4.69) is 0 Å². The quantitative estimate of drug-likeness (QED) is 0.677. The summed E-state index contributed by atoms with van der Waals surface area (Å²) in [5.41, 5.74) is 0. The Morgan fingerprint density at radius 1 is 1.37 bits per heavy atom. The molecule has 1 aliphatic rings. The lowest BCUT2D eigenvalue weighted by molar-refractivity contribution is -0.155. The molecule has 0 aromatic rings. The number of carbonyl (C=O) groups excluding carboxylic acids is 2. The zero-order chi connectivity index (χ0) is 14.6. The third-order valence-electron chi connectivity index (χ3n) is 3.12. The van der Waals surface area contributed by atoms with Gasteiger partial charge in [-0.15, -0.1) is 0 Å². The Labute approximate surface area is 114 Å². The Morgan fingerprint density at radius 2 is 2.00 bits per heavy atom. The van der Waals surface area contributed by atoms with Gasteiger partial charge in [0.1, 0.15) is 0 Å². The molecule has 7 heteroatoms. The Kier molecular flexibility index (Phi) is 5.34. The lowest BCUT2D eigenvalue weighted by Gasteiger charge is -2.26. The maximum atomic E-state index is 12.0. The molecule has 0 spiro atoms. The van der Waals surface area contributed by atoms with Gasteiger partial charge in [0.2, 0.25) is 0 Å². The number of rotatable bonds is 5. The van der Waals surface area contributed by atoms with Gasteiger partial charge in [-0.1, -0.05) is 13.8 Å². The minimum Gasteiger partial charge on any atom is -0.455 e. The van der Waals surface area contributed by atoms with Gasteiger partial charge in [-0.05, 0) is 13.3 Å². The fourth-order valence-electron chi connectivity index (χ4n) is 2.04. The second-order valence-corrected chi connectivity index (χ2v) is 7.23. The van der Waals surface area contributed by atoms with Crippen LogP contribution in [0, 0.1) is 5.92 Å². The summed E-state index contributed by atoms with van der Waals surface area (Å²) < 4.78 is 27.7. The molecule has 1 atom stereocenters. The van der Waals surface area contributed by atoms with E-state index in [9.17, 15) is 18.0 Å². The second kappa shape index (κ2) is 6.36. The first-order chi connectivity index (χ1) is 8.76. The molecule has 0 aromatic carbocycles. The fourth-order valence-corrected chi connectivity index (χ4v) is 3.77. The number of ether oxygens (including phenoxy) is 1. The van der Waals surface area contributed by atoms with Crippen molar-refractivity contribution in [2.24, 2.45) is 5.92 Å². The molecule has 0 aromatic heterocycles. The first-order valence-electron chi connectivity index (χ1n) is 6.43. The number of esters is 1. The molecule has 0 saturated carbocycles. The van der Waals surface area contributed by atoms with Gasteiger partial charge in [0, 0.05) is 12.6 Å². The molecular formula is C12H21NO5S. The Morgan fingerprint density at radius 3 is 2.42 bits per heavy atom. The van der Waals surface area contributed by atoms with Crippen molar-refractivity contribution in [2.45, 2.75) is 33.2 Å². The molecule has 1 unspecified atom stereocenters. The summed E-state index contributed by atoms with van der Waals surface area (Å²) in [4.78, 5) is 24.7. The van der Waals surface area contributed by atoms with E-state index in [4.69, 9.17) is 4.74 Å². The van der Waals surface area contributed by atoms with Gasteiger partial charge in [0.15, 0.2) is 16.4 Å². The highest BCUT2D eigenvalue weighted by atomic mass is 32.2. The largest absolute Gasteiger partial charge is 0.455 e. The molecule has 19 heavy (non-hydrogen) atoms. The number of nitrogens with zero attached hydrogens (tertiary/aromatic N) is 1. The lowest BCUT2D eigenvalue weighted by Crippen LogP contribution is -2.43. The van der Waals surface area contributed by atoms with E-state index in [1.54, 1.807) is 20.8 Å². The molecule has 1 amide bonds. The molecule has 110 valence electrons. The van der Waals surface area contributed by atoms with Crippen molar-refractivity contribution in [3.8, 4) is 0 Å². The van der Waals surface area contributed by atoms with Crippen LogP contribution in [0.5, 0.6) is 0 Å². The van der Waals surface area contributed by atoms with Gasteiger partial charge in [-0.3, -0.25) is 9.59 Å². The summed E-state index contributed by atoms with van der Waals surface area (Å²) in [5.74, 6) is -0.922. The summed E-state index contributed by atoms with van der Waals surface area (Å²) >= 11 is 0. The molecule has 1 heterocycles. The number of carbonyl (C=O) groups is 2. The lowest BCUT2D eigenvalue weighted by atomic mass is 10.2. The topological polar surface area (TPSA) is 80.8 Å². The fraction of sp³-hybridized carbons (Fsp3) is 0.833. The van der Waals surface area contributed by atoms with Gasteiger partial charge in [-0.2, -0.15) is 0 Å². The van der Waals surface area contributed by atoms with Crippen LogP contribution in [0.1, 0.15) is 27.2 Å². The molecule has 1 aliphatic heterocycles. The van der Waals surface area contributed by atoms with Crippen LogP contribution in [-0.4, -0.2) is 55.9 Å². The summed E-state index contributed by atoms with van der Waals surface area (Å²) in [6, 6.07) is -0.291. The Hall–Kier alpha value is -1.11. The average molecular weight is 291 g/mol. The first-order valence-corrected chi connectivity index (χ1v) is 8.25. The number of hydrogen-bond acceptors (Lipinski definition) is 5. The Bertz CT molecular complexity index is 443. The minimum atomic E-state index is -3.03. The zero-order valence-electron chi connectivity index (χ0n) is 11.6.